The number of hydrogen-bond acceptors (Lipinski definition) is 2. The quantitative estimate of drug-likeness (QED) is 0.851. The summed E-state index contributed by atoms with van der Waals surface area (Å²) in [6.45, 7) is 0.219. The molecular weight excluding hydrogens is 241 g/mol. The first-order valence-electron chi connectivity index (χ1n) is 4.97. The summed E-state index contributed by atoms with van der Waals surface area (Å²) in [5.41, 5.74) is 6.76. The molecule has 2 N–H and O–H groups in total. The van der Waals surface area contributed by atoms with E-state index >= 15 is 0 Å². The van der Waals surface area contributed by atoms with Crippen LogP contribution in [0.1, 0.15) is 5.56 Å². The molecule has 0 aliphatic heterocycles. The third-order valence-electron chi connectivity index (χ3n) is 2.23. The van der Waals surface area contributed by atoms with Gasteiger partial charge < -0.3 is 10.5 Å². The zero-order chi connectivity index (χ0) is 11.4. The van der Waals surface area contributed by atoms with Gasteiger partial charge in [-0.15, -0.1) is 12.4 Å². The van der Waals surface area contributed by atoms with Gasteiger partial charge in [-0.3, -0.25) is 0 Å². The van der Waals surface area contributed by atoms with Gasteiger partial charge in [0, 0.05) is 11.3 Å². The largest absolute Gasteiger partial charge is 0.489 e. The van der Waals surface area contributed by atoms with E-state index in [1.165, 1.54) is 6.07 Å². The van der Waals surface area contributed by atoms with Gasteiger partial charge >= 0.3 is 0 Å². The lowest BCUT2D eigenvalue weighted by atomic mass is 10.2. The Morgan fingerprint density at radius 2 is 1.65 bits per heavy atom. The molecule has 0 aliphatic rings. The molecule has 0 aromatic heterocycles. The molecule has 4 heteroatoms. The Morgan fingerprint density at radius 3 is 2.29 bits per heavy atom. The Morgan fingerprint density at radius 1 is 1.00 bits per heavy atom. The van der Waals surface area contributed by atoms with Crippen LogP contribution in [0.15, 0.2) is 48.5 Å². The fourth-order valence-corrected chi connectivity index (χ4v) is 1.34. The van der Waals surface area contributed by atoms with Crippen molar-refractivity contribution in [2.75, 3.05) is 5.73 Å². The third-order valence-corrected chi connectivity index (χ3v) is 2.23. The predicted octanol–water partition coefficient (Wildman–Crippen LogP) is 3.41. The van der Waals surface area contributed by atoms with Crippen LogP contribution < -0.4 is 10.5 Å². The van der Waals surface area contributed by atoms with Gasteiger partial charge in [-0.25, -0.2) is 4.39 Å². The fraction of sp³-hybridized carbons (Fsp3) is 0.0769. The van der Waals surface area contributed by atoms with E-state index in [2.05, 4.69) is 0 Å². The van der Waals surface area contributed by atoms with E-state index in [9.17, 15) is 4.39 Å². The van der Waals surface area contributed by atoms with E-state index in [1.807, 2.05) is 0 Å². The molecule has 17 heavy (non-hydrogen) atoms. The molecule has 2 aromatic rings. The minimum absolute atomic E-state index is 0. The highest BCUT2D eigenvalue weighted by Crippen LogP contribution is 2.16. The van der Waals surface area contributed by atoms with Gasteiger partial charge in [-0.1, -0.05) is 18.2 Å². The maximum atomic E-state index is 13.3. The first-order valence-corrected chi connectivity index (χ1v) is 4.97. The van der Waals surface area contributed by atoms with Crippen molar-refractivity contribution in [2.24, 2.45) is 0 Å². The Bertz CT molecular complexity index is 473. The summed E-state index contributed by atoms with van der Waals surface area (Å²) in [4.78, 5) is 0. The Kier molecular flexibility index (Phi) is 4.79. The molecule has 2 rings (SSSR count). The summed E-state index contributed by atoms with van der Waals surface area (Å²) in [7, 11) is 0. The van der Waals surface area contributed by atoms with E-state index in [1.54, 1.807) is 42.5 Å². The lowest BCUT2D eigenvalue weighted by Crippen LogP contribution is -1.98. The second-order valence-electron chi connectivity index (χ2n) is 3.45. The monoisotopic (exact) mass is 253 g/mol. The summed E-state index contributed by atoms with van der Waals surface area (Å²) in [6, 6.07) is 13.6. The number of hydrogen-bond donors (Lipinski definition) is 1. The molecule has 2 aromatic carbocycles. The van der Waals surface area contributed by atoms with Crippen LogP contribution in [0.2, 0.25) is 0 Å². The van der Waals surface area contributed by atoms with Crippen molar-refractivity contribution in [3.63, 3.8) is 0 Å². The number of ether oxygens (including phenoxy) is 1. The molecule has 0 saturated carbocycles. The zero-order valence-corrected chi connectivity index (χ0v) is 9.91. The van der Waals surface area contributed by atoms with Gasteiger partial charge in [0.1, 0.15) is 18.2 Å². The summed E-state index contributed by atoms with van der Waals surface area (Å²) >= 11 is 0. The Balaban J connectivity index is 0.00000144. The molecule has 0 amide bonds. The molecule has 0 fully saturated rings. The average molecular weight is 254 g/mol. The van der Waals surface area contributed by atoms with Crippen LogP contribution in [0, 0.1) is 5.82 Å². The highest BCUT2D eigenvalue weighted by molar-refractivity contribution is 5.85. The molecule has 90 valence electrons. The van der Waals surface area contributed by atoms with Crippen LogP contribution in [0.3, 0.4) is 0 Å². The first kappa shape index (κ1) is 13.3. The van der Waals surface area contributed by atoms with E-state index in [4.69, 9.17) is 10.5 Å². The number of rotatable bonds is 3. The number of nitrogens with two attached hydrogens (primary N) is 1. The Hall–Kier alpha value is -1.74. The molecule has 0 bridgehead atoms. The van der Waals surface area contributed by atoms with Crippen molar-refractivity contribution < 1.29 is 9.13 Å². The zero-order valence-electron chi connectivity index (χ0n) is 9.10. The van der Waals surface area contributed by atoms with Crippen molar-refractivity contribution in [1.82, 2.24) is 0 Å². The predicted molar refractivity (Wildman–Crippen MR) is 68.8 cm³/mol. The lowest BCUT2D eigenvalue weighted by molar-refractivity contribution is 0.300. The normalized spacial score (nSPS) is 9.47. The van der Waals surface area contributed by atoms with Crippen LogP contribution >= 0.6 is 12.4 Å². The molecule has 0 aliphatic carbocycles. The number of anilines is 1. The number of nitrogen functional groups attached to an aromatic ring is 1. The van der Waals surface area contributed by atoms with Gasteiger partial charge in [-0.05, 0) is 30.3 Å². The van der Waals surface area contributed by atoms with Crippen LogP contribution in [0.5, 0.6) is 5.75 Å². The highest BCUT2D eigenvalue weighted by Gasteiger charge is 2.01. The SMILES string of the molecule is Cl.Nc1ccc(OCc2ccccc2F)cc1. The molecule has 0 atom stereocenters. The second kappa shape index (κ2) is 6.11. The van der Waals surface area contributed by atoms with Gasteiger partial charge in [-0.2, -0.15) is 0 Å². The topological polar surface area (TPSA) is 35.2 Å². The lowest BCUT2D eigenvalue weighted by Gasteiger charge is -2.07. The molecule has 0 heterocycles. The Labute approximate surface area is 106 Å². The summed E-state index contributed by atoms with van der Waals surface area (Å²) < 4.78 is 18.7. The minimum Gasteiger partial charge on any atom is -0.489 e. The van der Waals surface area contributed by atoms with Crippen molar-refractivity contribution in [3.05, 3.63) is 59.9 Å². The van der Waals surface area contributed by atoms with Crippen molar-refractivity contribution >= 4 is 18.1 Å². The van der Waals surface area contributed by atoms with E-state index in [0.29, 0.717) is 17.0 Å². The van der Waals surface area contributed by atoms with Gasteiger partial charge in [0.25, 0.3) is 0 Å². The van der Waals surface area contributed by atoms with Crippen molar-refractivity contribution in [1.29, 1.82) is 0 Å². The van der Waals surface area contributed by atoms with Crippen LogP contribution in [-0.4, -0.2) is 0 Å². The molecular formula is C13H13ClFNO. The van der Waals surface area contributed by atoms with E-state index in [-0.39, 0.29) is 24.8 Å². The van der Waals surface area contributed by atoms with E-state index in [0.717, 1.165) is 0 Å². The number of benzene rings is 2. The minimum atomic E-state index is -0.252. The van der Waals surface area contributed by atoms with Gasteiger partial charge in [0.2, 0.25) is 0 Å². The smallest absolute Gasteiger partial charge is 0.129 e. The molecule has 0 radical (unpaired) electrons. The molecule has 0 unspecified atom stereocenters. The summed E-state index contributed by atoms with van der Waals surface area (Å²) in [5, 5.41) is 0. The molecule has 0 spiro atoms. The summed E-state index contributed by atoms with van der Waals surface area (Å²) in [5.74, 6) is 0.426. The number of halogens is 2. The fourth-order valence-electron chi connectivity index (χ4n) is 1.34. The third kappa shape index (κ3) is 3.64. The average Bonchev–Trinajstić information content (AvgIpc) is 2.30. The van der Waals surface area contributed by atoms with Gasteiger partial charge in [0.15, 0.2) is 0 Å². The van der Waals surface area contributed by atoms with Crippen molar-refractivity contribution in [2.45, 2.75) is 6.61 Å². The molecule has 0 saturated heterocycles. The van der Waals surface area contributed by atoms with Crippen LogP contribution in [-0.2, 0) is 6.61 Å². The standard InChI is InChI=1S/C13H12FNO.ClH/c14-13-4-2-1-3-10(13)9-16-12-7-5-11(15)6-8-12;/h1-8H,9,15H2;1H. The molecule has 2 nitrogen and oxygen atoms in total. The second-order valence-corrected chi connectivity index (χ2v) is 3.45. The summed E-state index contributed by atoms with van der Waals surface area (Å²) in [6.07, 6.45) is 0. The maximum absolute atomic E-state index is 13.3. The van der Waals surface area contributed by atoms with Crippen LogP contribution in [0.25, 0.3) is 0 Å². The highest BCUT2D eigenvalue weighted by atomic mass is 35.5. The maximum Gasteiger partial charge on any atom is 0.129 e. The van der Waals surface area contributed by atoms with Crippen LogP contribution in [0.4, 0.5) is 10.1 Å². The first-order chi connectivity index (χ1) is 7.75. The van der Waals surface area contributed by atoms with E-state index < -0.39 is 0 Å². The van der Waals surface area contributed by atoms with Gasteiger partial charge in [0.05, 0.1) is 0 Å². The van der Waals surface area contributed by atoms with Crippen molar-refractivity contribution in [3.8, 4) is 5.75 Å².